The zero-order valence-corrected chi connectivity index (χ0v) is 12.7. The maximum atomic E-state index is 11.8. The summed E-state index contributed by atoms with van der Waals surface area (Å²) in [6.07, 6.45) is 0. The monoisotopic (exact) mass is 311 g/mol. The first-order valence-electron chi connectivity index (χ1n) is 7.33. The van der Waals surface area contributed by atoms with Crippen molar-refractivity contribution in [1.82, 2.24) is 9.88 Å². The van der Waals surface area contributed by atoms with Gasteiger partial charge >= 0.3 is 11.8 Å². The van der Waals surface area contributed by atoms with Crippen molar-refractivity contribution >= 4 is 22.8 Å². The Bertz CT molecular complexity index is 878. The van der Waals surface area contributed by atoms with Gasteiger partial charge in [0.2, 0.25) is 0 Å². The van der Waals surface area contributed by atoms with Gasteiger partial charge < -0.3 is 15.1 Å². The summed E-state index contributed by atoms with van der Waals surface area (Å²) in [4.78, 5) is 23.6. The van der Waals surface area contributed by atoms with Crippen LogP contribution in [0.2, 0.25) is 0 Å². The maximum absolute atomic E-state index is 11.8. The Kier molecular flexibility index (Phi) is 4.14. The summed E-state index contributed by atoms with van der Waals surface area (Å²) in [7, 11) is 0. The van der Waals surface area contributed by atoms with Crippen LogP contribution in [0.1, 0.15) is 5.56 Å². The van der Waals surface area contributed by atoms with Gasteiger partial charge in [0, 0.05) is 18.8 Å². The molecule has 3 aromatic rings. The summed E-state index contributed by atoms with van der Waals surface area (Å²) in [5.41, 5.74) is 3.11. The largest absolute Gasteiger partial charge is 0.420 e. The lowest BCUT2D eigenvalue weighted by atomic mass is 10.2. The SMILES string of the molecule is Cc1ccc(NC(=O)NCCn2c(=O)oc3ccccc32)cc1. The van der Waals surface area contributed by atoms with E-state index in [9.17, 15) is 9.59 Å². The fraction of sp³-hybridized carbons (Fsp3) is 0.176. The summed E-state index contributed by atoms with van der Waals surface area (Å²) < 4.78 is 6.64. The Morgan fingerprint density at radius 3 is 2.65 bits per heavy atom. The van der Waals surface area contributed by atoms with Crippen LogP contribution in [0.3, 0.4) is 0 Å². The normalized spacial score (nSPS) is 10.7. The number of amides is 2. The number of benzene rings is 2. The first-order valence-corrected chi connectivity index (χ1v) is 7.33. The van der Waals surface area contributed by atoms with E-state index in [1.807, 2.05) is 49.4 Å². The van der Waals surface area contributed by atoms with Gasteiger partial charge in [-0.1, -0.05) is 29.8 Å². The summed E-state index contributed by atoms with van der Waals surface area (Å²) >= 11 is 0. The van der Waals surface area contributed by atoms with Crippen molar-refractivity contribution in [1.29, 1.82) is 0 Å². The predicted octanol–water partition coefficient (Wildman–Crippen LogP) is 2.72. The lowest BCUT2D eigenvalue weighted by molar-refractivity contribution is 0.251. The summed E-state index contributed by atoms with van der Waals surface area (Å²) in [5, 5.41) is 5.46. The van der Waals surface area contributed by atoms with Crippen molar-refractivity contribution in [2.24, 2.45) is 0 Å². The highest BCUT2D eigenvalue weighted by atomic mass is 16.4. The topological polar surface area (TPSA) is 76.3 Å². The second kappa shape index (κ2) is 6.39. The van der Waals surface area contributed by atoms with Crippen LogP contribution in [0.5, 0.6) is 0 Å². The van der Waals surface area contributed by atoms with Gasteiger partial charge in [-0.25, -0.2) is 9.59 Å². The average molecular weight is 311 g/mol. The number of anilines is 1. The minimum absolute atomic E-state index is 0.310. The zero-order chi connectivity index (χ0) is 16.2. The molecular formula is C17H17N3O3. The first kappa shape index (κ1) is 14.9. The number of hydrogen-bond donors (Lipinski definition) is 2. The van der Waals surface area contributed by atoms with E-state index in [0.29, 0.717) is 18.7 Å². The van der Waals surface area contributed by atoms with Gasteiger partial charge in [0.25, 0.3) is 0 Å². The number of urea groups is 1. The van der Waals surface area contributed by atoms with Crippen LogP contribution in [0.4, 0.5) is 10.5 Å². The lowest BCUT2D eigenvalue weighted by Crippen LogP contribution is -2.32. The molecule has 2 amide bonds. The second-order valence-corrected chi connectivity index (χ2v) is 5.23. The summed E-state index contributed by atoms with van der Waals surface area (Å²) in [6.45, 7) is 2.65. The molecule has 0 saturated heterocycles. The summed E-state index contributed by atoms with van der Waals surface area (Å²) in [6, 6.07) is 14.4. The number of aryl methyl sites for hydroxylation is 1. The van der Waals surface area contributed by atoms with E-state index in [4.69, 9.17) is 4.42 Å². The Hall–Kier alpha value is -3.02. The van der Waals surface area contributed by atoms with Crippen molar-refractivity contribution in [3.8, 4) is 0 Å². The van der Waals surface area contributed by atoms with E-state index >= 15 is 0 Å². The highest BCUT2D eigenvalue weighted by Gasteiger charge is 2.08. The van der Waals surface area contributed by atoms with E-state index in [0.717, 1.165) is 16.8 Å². The molecule has 0 aliphatic carbocycles. The number of hydrogen-bond acceptors (Lipinski definition) is 3. The van der Waals surface area contributed by atoms with Gasteiger partial charge in [0.1, 0.15) is 0 Å². The van der Waals surface area contributed by atoms with E-state index in [1.165, 1.54) is 4.57 Å². The third-order valence-corrected chi connectivity index (χ3v) is 3.50. The van der Waals surface area contributed by atoms with Gasteiger partial charge in [-0.05, 0) is 31.2 Å². The van der Waals surface area contributed by atoms with Gasteiger partial charge in [-0.2, -0.15) is 0 Å². The molecule has 0 atom stereocenters. The Morgan fingerprint density at radius 1 is 1.13 bits per heavy atom. The number of para-hydroxylation sites is 2. The third-order valence-electron chi connectivity index (χ3n) is 3.50. The number of carbonyl (C=O) groups is 1. The quantitative estimate of drug-likeness (QED) is 0.778. The molecule has 0 spiro atoms. The lowest BCUT2D eigenvalue weighted by Gasteiger charge is -2.08. The number of oxazole rings is 1. The summed E-state index contributed by atoms with van der Waals surface area (Å²) in [5.74, 6) is -0.424. The molecule has 2 aromatic carbocycles. The molecule has 1 aromatic heterocycles. The predicted molar refractivity (Wildman–Crippen MR) is 88.7 cm³/mol. The minimum atomic E-state index is -0.424. The molecule has 6 heteroatoms. The number of nitrogens with one attached hydrogen (secondary N) is 2. The van der Waals surface area contributed by atoms with Crippen LogP contribution in [-0.2, 0) is 6.54 Å². The van der Waals surface area contributed by atoms with Gasteiger partial charge in [-0.15, -0.1) is 0 Å². The molecule has 0 aliphatic rings. The van der Waals surface area contributed by atoms with Crippen molar-refractivity contribution in [3.05, 3.63) is 64.6 Å². The highest BCUT2D eigenvalue weighted by molar-refractivity contribution is 5.89. The molecule has 0 unspecified atom stereocenters. The minimum Gasteiger partial charge on any atom is -0.408 e. The molecule has 118 valence electrons. The molecular weight excluding hydrogens is 294 g/mol. The fourth-order valence-corrected chi connectivity index (χ4v) is 2.32. The van der Waals surface area contributed by atoms with Crippen LogP contribution in [-0.4, -0.2) is 17.1 Å². The third kappa shape index (κ3) is 3.42. The van der Waals surface area contributed by atoms with Crippen LogP contribution in [0.15, 0.2) is 57.7 Å². The smallest absolute Gasteiger partial charge is 0.408 e. The van der Waals surface area contributed by atoms with E-state index < -0.39 is 5.76 Å². The molecule has 0 aliphatic heterocycles. The van der Waals surface area contributed by atoms with Crippen LogP contribution in [0, 0.1) is 6.92 Å². The standard InChI is InChI=1S/C17H17N3O3/c1-12-6-8-13(9-7-12)19-16(21)18-10-11-20-14-4-2-3-5-15(14)23-17(20)22/h2-9H,10-11H2,1H3,(H2,18,19,21). The number of aromatic nitrogens is 1. The van der Waals surface area contributed by atoms with Crippen LogP contribution in [0.25, 0.3) is 11.1 Å². The molecule has 0 saturated carbocycles. The molecule has 3 rings (SSSR count). The molecule has 1 heterocycles. The highest BCUT2D eigenvalue weighted by Crippen LogP contribution is 2.11. The molecule has 2 N–H and O–H groups in total. The second-order valence-electron chi connectivity index (χ2n) is 5.23. The van der Waals surface area contributed by atoms with Crippen molar-refractivity contribution in [3.63, 3.8) is 0 Å². The first-order chi connectivity index (χ1) is 11.1. The average Bonchev–Trinajstić information content (AvgIpc) is 2.86. The molecule has 0 fully saturated rings. The molecule has 0 radical (unpaired) electrons. The Labute approximate surface area is 132 Å². The van der Waals surface area contributed by atoms with Crippen molar-refractivity contribution in [2.75, 3.05) is 11.9 Å². The van der Waals surface area contributed by atoms with Crippen LogP contribution >= 0.6 is 0 Å². The number of fused-ring (bicyclic) bond motifs is 1. The van der Waals surface area contributed by atoms with Gasteiger partial charge in [-0.3, -0.25) is 4.57 Å². The zero-order valence-electron chi connectivity index (χ0n) is 12.7. The Balaban J connectivity index is 1.58. The van der Waals surface area contributed by atoms with Crippen molar-refractivity contribution < 1.29 is 9.21 Å². The maximum Gasteiger partial charge on any atom is 0.420 e. The van der Waals surface area contributed by atoms with E-state index in [1.54, 1.807) is 6.07 Å². The Morgan fingerprint density at radius 2 is 1.87 bits per heavy atom. The van der Waals surface area contributed by atoms with Crippen LogP contribution < -0.4 is 16.4 Å². The van der Waals surface area contributed by atoms with E-state index in [-0.39, 0.29) is 6.03 Å². The number of carbonyl (C=O) groups excluding carboxylic acids is 1. The molecule has 23 heavy (non-hydrogen) atoms. The molecule has 6 nitrogen and oxygen atoms in total. The van der Waals surface area contributed by atoms with E-state index in [2.05, 4.69) is 10.6 Å². The van der Waals surface area contributed by atoms with Crippen molar-refractivity contribution in [2.45, 2.75) is 13.5 Å². The fourth-order valence-electron chi connectivity index (χ4n) is 2.32. The molecule has 0 bridgehead atoms. The van der Waals surface area contributed by atoms with Gasteiger partial charge in [0.05, 0.1) is 5.52 Å². The number of nitrogens with zero attached hydrogens (tertiary/aromatic N) is 1. The van der Waals surface area contributed by atoms with Gasteiger partial charge in [0.15, 0.2) is 5.58 Å². The number of rotatable bonds is 4.